The predicted octanol–water partition coefficient (Wildman–Crippen LogP) is 2.45. The van der Waals surface area contributed by atoms with Gasteiger partial charge in [-0.3, -0.25) is 0 Å². The smallest absolute Gasteiger partial charge is 0.410 e. The van der Waals surface area contributed by atoms with Crippen molar-refractivity contribution in [2.24, 2.45) is 0 Å². The fourth-order valence-electron chi connectivity index (χ4n) is 2.45. The van der Waals surface area contributed by atoms with Crippen LogP contribution >= 0.6 is 0 Å². The van der Waals surface area contributed by atoms with Crippen LogP contribution in [0.5, 0.6) is 0 Å². The first-order chi connectivity index (χ1) is 11.1. The maximum Gasteiger partial charge on any atom is 0.410 e. The van der Waals surface area contributed by atoms with Gasteiger partial charge in [0.15, 0.2) is 0 Å². The average Bonchev–Trinajstić information content (AvgIpc) is 2.79. The van der Waals surface area contributed by atoms with Gasteiger partial charge in [-0.05, 0) is 25.8 Å². The molecular formula is C17H25N3O3. The number of rotatable bonds is 3. The van der Waals surface area contributed by atoms with Gasteiger partial charge in [0, 0.05) is 32.2 Å². The molecule has 6 nitrogen and oxygen atoms in total. The van der Waals surface area contributed by atoms with Crippen molar-refractivity contribution >= 4 is 12.1 Å². The number of carbonyl (C=O) groups is 2. The minimum Gasteiger partial charge on any atom is -0.445 e. The average molecular weight is 319 g/mol. The summed E-state index contributed by atoms with van der Waals surface area (Å²) in [5.74, 6) is 0. The number of nitrogens with one attached hydrogen (secondary N) is 1. The molecule has 0 bridgehead atoms. The van der Waals surface area contributed by atoms with Gasteiger partial charge in [-0.1, -0.05) is 30.3 Å². The predicted molar refractivity (Wildman–Crippen MR) is 88.1 cm³/mol. The van der Waals surface area contributed by atoms with E-state index in [1.807, 2.05) is 44.2 Å². The zero-order valence-electron chi connectivity index (χ0n) is 13.8. The lowest BCUT2D eigenvalue weighted by atomic mass is 10.2. The van der Waals surface area contributed by atoms with Crippen molar-refractivity contribution < 1.29 is 14.3 Å². The van der Waals surface area contributed by atoms with Crippen LogP contribution in [-0.2, 0) is 11.3 Å². The van der Waals surface area contributed by atoms with E-state index < -0.39 is 0 Å². The maximum atomic E-state index is 12.2. The van der Waals surface area contributed by atoms with Crippen LogP contribution in [0.4, 0.5) is 9.59 Å². The molecule has 1 aromatic carbocycles. The van der Waals surface area contributed by atoms with E-state index in [9.17, 15) is 9.59 Å². The Morgan fingerprint density at radius 3 is 2.43 bits per heavy atom. The topological polar surface area (TPSA) is 61.9 Å². The summed E-state index contributed by atoms with van der Waals surface area (Å²) in [6, 6.07) is 9.65. The van der Waals surface area contributed by atoms with Gasteiger partial charge in [0.25, 0.3) is 0 Å². The first-order valence-electron chi connectivity index (χ1n) is 8.07. The summed E-state index contributed by atoms with van der Waals surface area (Å²) in [6.45, 7) is 6.43. The van der Waals surface area contributed by atoms with Crippen LogP contribution in [0.3, 0.4) is 0 Å². The van der Waals surface area contributed by atoms with E-state index in [1.54, 1.807) is 9.80 Å². The van der Waals surface area contributed by atoms with E-state index in [1.165, 1.54) is 0 Å². The maximum absolute atomic E-state index is 12.2. The fraction of sp³-hybridized carbons (Fsp3) is 0.529. The lowest BCUT2D eigenvalue weighted by Crippen LogP contribution is -2.44. The number of benzene rings is 1. The number of amides is 3. The minimum absolute atomic E-state index is 0.0699. The van der Waals surface area contributed by atoms with Gasteiger partial charge in [-0.2, -0.15) is 0 Å². The molecule has 0 aliphatic carbocycles. The van der Waals surface area contributed by atoms with Crippen LogP contribution in [-0.4, -0.2) is 54.1 Å². The monoisotopic (exact) mass is 319 g/mol. The number of hydrogen-bond donors (Lipinski definition) is 1. The second-order valence-electron chi connectivity index (χ2n) is 5.97. The molecule has 2 rings (SSSR count). The molecule has 1 aromatic rings. The summed E-state index contributed by atoms with van der Waals surface area (Å²) in [4.78, 5) is 27.6. The number of urea groups is 1. The van der Waals surface area contributed by atoms with Crippen molar-refractivity contribution in [1.82, 2.24) is 15.1 Å². The van der Waals surface area contributed by atoms with E-state index in [0.29, 0.717) is 26.2 Å². The first-order valence-corrected chi connectivity index (χ1v) is 8.07. The Morgan fingerprint density at radius 1 is 1.09 bits per heavy atom. The van der Waals surface area contributed by atoms with Crippen LogP contribution in [0.1, 0.15) is 25.8 Å². The molecule has 0 spiro atoms. The lowest BCUT2D eigenvalue weighted by Gasteiger charge is -2.23. The van der Waals surface area contributed by atoms with Crippen LogP contribution < -0.4 is 5.32 Å². The van der Waals surface area contributed by atoms with Crippen molar-refractivity contribution in [2.75, 3.05) is 26.2 Å². The largest absolute Gasteiger partial charge is 0.445 e. The normalized spacial score (nSPS) is 15.3. The third-order valence-electron chi connectivity index (χ3n) is 3.66. The summed E-state index contributed by atoms with van der Waals surface area (Å²) in [6.07, 6.45) is 0.436. The highest BCUT2D eigenvalue weighted by Gasteiger charge is 2.23. The van der Waals surface area contributed by atoms with Gasteiger partial charge in [-0.15, -0.1) is 0 Å². The molecule has 6 heteroatoms. The minimum atomic E-state index is -0.319. The zero-order valence-corrected chi connectivity index (χ0v) is 13.8. The molecule has 1 heterocycles. The lowest BCUT2D eigenvalue weighted by molar-refractivity contribution is 0.0975. The van der Waals surface area contributed by atoms with Crippen LogP contribution in [0.15, 0.2) is 30.3 Å². The highest BCUT2D eigenvalue weighted by Crippen LogP contribution is 2.08. The quantitative estimate of drug-likeness (QED) is 0.931. The van der Waals surface area contributed by atoms with E-state index >= 15 is 0 Å². The van der Waals surface area contributed by atoms with Crippen LogP contribution in [0, 0.1) is 0 Å². The first kappa shape index (κ1) is 17.1. The molecule has 1 aliphatic heterocycles. The van der Waals surface area contributed by atoms with E-state index in [4.69, 9.17) is 4.74 Å². The molecular weight excluding hydrogens is 294 g/mol. The molecule has 1 aliphatic rings. The van der Waals surface area contributed by atoms with E-state index in [-0.39, 0.29) is 24.8 Å². The Labute approximate surface area is 137 Å². The number of ether oxygens (including phenoxy) is 1. The summed E-state index contributed by atoms with van der Waals surface area (Å²) in [5, 5.41) is 2.88. The second-order valence-corrected chi connectivity index (χ2v) is 5.97. The Morgan fingerprint density at radius 2 is 1.74 bits per heavy atom. The molecule has 0 aromatic heterocycles. The second kappa shape index (κ2) is 8.41. The number of carbonyl (C=O) groups excluding carboxylic acids is 2. The van der Waals surface area contributed by atoms with Crippen LogP contribution in [0.25, 0.3) is 0 Å². The Hall–Kier alpha value is -2.24. The fourth-order valence-corrected chi connectivity index (χ4v) is 2.45. The van der Waals surface area contributed by atoms with E-state index in [2.05, 4.69) is 5.32 Å². The van der Waals surface area contributed by atoms with Crippen molar-refractivity contribution in [3.05, 3.63) is 35.9 Å². The summed E-state index contributed by atoms with van der Waals surface area (Å²) in [5.41, 5.74) is 0.966. The van der Waals surface area contributed by atoms with Gasteiger partial charge in [0.1, 0.15) is 6.61 Å². The Kier molecular flexibility index (Phi) is 6.26. The molecule has 0 saturated carbocycles. The van der Waals surface area contributed by atoms with Crippen molar-refractivity contribution in [3.63, 3.8) is 0 Å². The molecule has 23 heavy (non-hydrogen) atoms. The van der Waals surface area contributed by atoms with Gasteiger partial charge in [0.05, 0.1) is 0 Å². The zero-order chi connectivity index (χ0) is 16.7. The van der Waals surface area contributed by atoms with Gasteiger partial charge in [0.2, 0.25) is 0 Å². The summed E-state index contributed by atoms with van der Waals surface area (Å²) < 4.78 is 5.35. The third-order valence-corrected chi connectivity index (χ3v) is 3.66. The van der Waals surface area contributed by atoms with Crippen LogP contribution in [0.2, 0.25) is 0 Å². The standard InChI is InChI=1S/C17H25N3O3/c1-14(2)18-16(21)19-9-6-10-20(12-11-19)17(22)23-13-15-7-4-3-5-8-15/h3-5,7-8,14H,6,9-13H2,1-2H3,(H,18,21). The molecule has 0 unspecified atom stereocenters. The van der Waals surface area contributed by atoms with Crippen molar-refractivity contribution in [3.8, 4) is 0 Å². The summed E-state index contributed by atoms with van der Waals surface area (Å²) >= 11 is 0. The SMILES string of the molecule is CC(C)NC(=O)N1CCCN(C(=O)OCc2ccccc2)CC1. The highest BCUT2D eigenvalue weighted by atomic mass is 16.6. The highest BCUT2D eigenvalue weighted by molar-refractivity contribution is 5.74. The Bertz CT molecular complexity index is 519. The molecule has 3 amide bonds. The molecule has 0 atom stereocenters. The molecule has 1 N–H and O–H groups in total. The third kappa shape index (κ3) is 5.47. The van der Waals surface area contributed by atoms with Gasteiger partial charge < -0.3 is 19.9 Å². The Balaban J connectivity index is 1.80. The van der Waals surface area contributed by atoms with E-state index in [0.717, 1.165) is 12.0 Å². The van der Waals surface area contributed by atoms with Crippen molar-refractivity contribution in [2.45, 2.75) is 32.9 Å². The van der Waals surface area contributed by atoms with Crippen molar-refractivity contribution in [1.29, 1.82) is 0 Å². The molecule has 126 valence electrons. The molecule has 1 saturated heterocycles. The summed E-state index contributed by atoms with van der Waals surface area (Å²) in [7, 11) is 0. The van der Waals surface area contributed by atoms with Gasteiger partial charge in [-0.25, -0.2) is 9.59 Å². The number of hydrogen-bond acceptors (Lipinski definition) is 3. The van der Waals surface area contributed by atoms with Gasteiger partial charge >= 0.3 is 12.1 Å². The molecule has 0 radical (unpaired) electrons. The number of nitrogens with zero attached hydrogens (tertiary/aromatic N) is 2. The molecule has 1 fully saturated rings.